The molecule has 118 valence electrons. The van der Waals surface area contributed by atoms with Gasteiger partial charge in [-0.05, 0) is 17.7 Å². The second-order valence-corrected chi connectivity index (χ2v) is 5.98. The van der Waals surface area contributed by atoms with Gasteiger partial charge < -0.3 is 4.57 Å². The van der Waals surface area contributed by atoms with Crippen molar-refractivity contribution in [2.75, 3.05) is 6.54 Å². The summed E-state index contributed by atoms with van der Waals surface area (Å²) < 4.78 is 2.21. The van der Waals surface area contributed by atoms with Crippen LogP contribution in [0.15, 0.2) is 54.6 Å². The molecule has 1 aliphatic heterocycles. The molecule has 0 aliphatic carbocycles. The van der Waals surface area contributed by atoms with Crippen molar-refractivity contribution in [3.8, 4) is 17.5 Å². The molecule has 0 fully saturated rings. The SMILES string of the molecule is N#Cc1ccc(CN2CCn3c(nnc3-c3ccccc3)C2)cc1. The lowest BCUT2D eigenvalue weighted by molar-refractivity contribution is 0.209. The van der Waals surface area contributed by atoms with Crippen LogP contribution in [0.4, 0.5) is 0 Å². The van der Waals surface area contributed by atoms with Crippen molar-refractivity contribution in [1.82, 2.24) is 19.7 Å². The highest BCUT2D eigenvalue weighted by Gasteiger charge is 2.21. The summed E-state index contributed by atoms with van der Waals surface area (Å²) in [6, 6.07) is 20.1. The Labute approximate surface area is 140 Å². The highest BCUT2D eigenvalue weighted by atomic mass is 15.3. The molecule has 0 unspecified atom stereocenters. The molecule has 0 bridgehead atoms. The number of nitrogens with zero attached hydrogens (tertiary/aromatic N) is 5. The zero-order valence-corrected chi connectivity index (χ0v) is 13.3. The monoisotopic (exact) mass is 315 g/mol. The maximum atomic E-state index is 8.88. The van der Waals surface area contributed by atoms with E-state index in [2.05, 4.69) is 37.9 Å². The van der Waals surface area contributed by atoms with Gasteiger partial charge in [0.2, 0.25) is 0 Å². The Morgan fingerprint density at radius 2 is 1.75 bits per heavy atom. The third kappa shape index (κ3) is 2.80. The van der Waals surface area contributed by atoms with E-state index in [0.717, 1.165) is 43.4 Å². The molecular formula is C19H17N5. The normalized spacial score (nSPS) is 14.1. The summed E-state index contributed by atoms with van der Waals surface area (Å²) in [5.41, 5.74) is 3.02. The molecule has 3 aromatic rings. The van der Waals surface area contributed by atoms with Gasteiger partial charge in [-0.15, -0.1) is 10.2 Å². The largest absolute Gasteiger partial charge is 0.309 e. The Balaban J connectivity index is 1.50. The predicted molar refractivity (Wildman–Crippen MR) is 90.7 cm³/mol. The Kier molecular flexibility index (Phi) is 3.81. The third-order valence-electron chi connectivity index (χ3n) is 4.35. The fourth-order valence-corrected chi connectivity index (χ4v) is 3.09. The van der Waals surface area contributed by atoms with E-state index < -0.39 is 0 Å². The van der Waals surface area contributed by atoms with E-state index in [1.807, 2.05) is 42.5 Å². The third-order valence-corrected chi connectivity index (χ3v) is 4.35. The minimum absolute atomic E-state index is 0.699. The molecule has 4 rings (SSSR count). The van der Waals surface area contributed by atoms with Crippen molar-refractivity contribution in [2.24, 2.45) is 0 Å². The molecule has 0 saturated carbocycles. The molecule has 0 spiro atoms. The van der Waals surface area contributed by atoms with Gasteiger partial charge in [-0.1, -0.05) is 42.5 Å². The molecule has 0 N–H and O–H groups in total. The highest BCUT2D eigenvalue weighted by Crippen LogP contribution is 2.22. The standard InChI is InChI=1S/C19H17N5/c20-12-15-6-8-16(9-7-15)13-23-10-11-24-18(14-23)21-22-19(24)17-4-2-1-3-5-17/h1-9H,10-11,13-14H2. The topological polar surface area (TPSA) is 57.7 Å². The van der Waals surface area contributed by atoms with E-state index in [0.29, 0.717) is 5.56 Å². The number of aromatic nitrogens is 3. The quantitative estimate of drug-likeness (QED) is 0.746. The van der Waals surface area contributed by atoms with Gasteiger partial charge in [-0.25, -0.2) is 0 Å². The van der Waals surface area contributed by atoms with Gasteiger partial charge in [0.05, 0.1) is 18.2 Å². The molecule has 0 radical (unpaired) electrons. The highest BCUT2D eigenvalue weighted by molar-refractivity contribution is 5.55. The van der Waals surface area contributed by atoms with Crippen LogP contribution in [0.3, 0.4) is 0 Å². The van der Waals surface area contributed by atoms with Crippen LogP contribution in [-0.4, -0.2) is 26.2 Å². The van der Waals surface area contributed by atoms with Crippen LogP contribution >= 0.6 is 0 Å². The van der Waals surface area contributed by atoms with Crippen LogP contribution in [0.1, 0.15) is 17.0 Å². The first-order valence-electron chi connectivity index (χ1n) is 8.02. The Bertz CT molecular complexity index is 874. The smallest absolute Gasteiger partial charge is 0.164 e. The van der Waals surface area contributed by atoms with E-state index in [4.69, 9.17) is 5.26 Å². The average molecular weight is 315 g/mol. The summed E-state index contributed by atoms with van der Waals surface area (Å²) in [6.45, 7) is 3.51. The van der Waals surface area contributed by atoms with Crippen LogP contribution in [0, 0.1) is 11.3 Å². The minimum Gasteiger partial charge on any atom is -0.309 e. The second-order valence-electron chi connectivity index (χ2n) is 5.98. The van der Waals surface area contributed by atoms with Crippen molar-refractivity contribution >= 4 is 0 Å². The van der Waals surface area contributed by atoms with Crippen molar-refractivity contribution in [2.45, 2.75) is 19.6 Å². The number of rotatable bonds is 3. The molecule has 0 saturated heterocycles. The van der Waals surface area contributed by atoms with E-state index >= 15 is 0 Å². The molecule has 2 heterocycles. The lowest BCUT2D eigenvalue weighted by Crippen LogP contribution is -2.33. The molecule has 5 heteroatoms. The molecule has 5 nitrogen and oxygen atoms in total. The van der Waals surface area contributed by atoms with E-state index in [9.17, 15) is 0 Å². The first-order chi connectivity index (χ1) is 11.8. The van der Waals surface area contributed by atoms with Crippen LogP contribution in [0.2, 0.25) is 0 Å². The van der Waals surface area contributed by atoms with E-state index in [1.54, 1.807) is 0 Å². The zero-order valence-electron chi connectivity index (χ0n) is 13.3. The summed E-state index contributed by atoms with van der Waals surface area (Å²) in [5, 5.41) is 17.6. The number of fused-ring (bicyclic) bond motifs is 1. The molecule has 1 aliphatic rings. The summed E-state index contributed by atoms with van der Waals surface area (Å²) in [6.07, 6.45) is 0. The van der Waals surface area contributed by atoms with Gasteiger partial charge in [0, 0.05) is 25.2 Å². The second kappa shape index (κ2) is 6.26. The molecule has 0 atom stereocenters. The van der Waals surface area contributed by atoms with Gasteiger partial charge in [-0.2, -0.15) is 5.26 Å². The Morgan fingerprint density at radius 3 is 2.50 bits per heavy atom. The Morgan fingerprint density at radius 1 is 0.958 bits per heavy atom. The minimum atomic E-state index is 0.699. The van der Waals surface area contributed by atoms with Gasteiger partial charge in [0.25, 0.3) is 0 Å². The van der Waals surface area contributed by atoms with Crippen LogP contribution in [0.25, 0.3) is 11.4 Å². The van der Waals surface area contributed by atoms with Gasteiger partial charge in [-0.3, -0.25) is 4.90 Å². The summed E-state index contributed by atoms with van der Waals surface area (Å²) in [5.74, 6) is 1.96. The summed E-state index contributed by atoms with van der Waals surface area (Å²) >= 11 is 0. The van der Waals surface area contributed by atoms with Crippen molar-refractivity contribution in [1.29, 1.82) is 5.26 Å². The van der Waals surface area contributed by atoms with Gasteiger partial charge in [0.15, 0.2) is 5.82 Å². The molecule has 2 aromatic carbocycles. The van der Waals surface area contributed by atoms with E-state index in [1.165, 1.54) is 5.56 Å². The maximum Gasteiger partial charge on any atom is 0.164 e. The van der Waals surface area contributed by atoms with Crippen LogP contribution in [-0.2, 0) is 19.6 Å². The fraction of sp³-hybridized carbons (Fsp3) is 0.211. The number of nitriles is 1. The first kappa shape index (κ1) is 14.6. The predicted octanol–water partition coefficient (Wildman–Crippen LogP) is 2.83. The summed E-state index contributed by atoms with van der Waals surface area (Å²) in [7, 11) is 0. The van der Waals surface area contributed by atoms with Gasteiger partial charge in [0.1, 0.15) is 5.82 Å². The van der Waals surface area contributed by atoms with Crippen LogP contribution < -0.4 is 0 Å². The van der Waals surface area contributed by atoms with Crippen molar-refractivity contribution < 1.29 is 0 Å². The molecule has 1 aromatic heterocycles. The van der Waals surface area contributed by atoms with Crippen molar-refractivity contribution in [3.63, 3.8) is 0 Å². The maximum absolute atomic E-state index is 8.88. The number of hydrogen-bond donors (Lipinski definition) is 0. The lowest BCUT2D eigenvalue weighted by atomic mass is 10.1. The lowest BCUT2D eigenvalue weighted by Gasteiger charge is -2.27. The van der Waals surface area contributed by atoms with Crippen molar-refractivity contribution in [3.05, 3.63) is 71.5 Å². The first-order valence-corrected chi connectivity index (χ1v) is 8.02. The van der Waals surface area contributed by atoms with Gasteiger partial charge >= 0.3 is 0 Å². The number of hydrogen-bond acceptors (Lipinski definition) is 4. The number of benzene rings is 2. The molecular weight excluding hydrogens is 298 g/mol. The fourth-order valence-electron chi connectivity index (χ4n) is 3.09. The molecule has 24 heavy (non-hydrogen) atoms. The average Bonchev–Trinajstić information content (AvgIpc) is 3.06. The zero-order chi connectivity index (χ0) is 16.4. The summed E-state index contributed by atoms with van der Waals surface area (Å²) in [4.78, 5) is 2.36. The Hall–Kier alpha value is -2.97. The van der Waals surface area contributed by atoms with E-state index in [-0.39, 0.29) is 0 Å². The van der Waals surface area contributed by atoms with Crippen LogP contribution in [0.5, 0.6) is 0 Å². The molecule has 0 amide bonds.